The number of nitrogens with one attached hydrogen (secondary N) is 1. The van der Waals surface area contributed by atoms with Gasteiger partial charge in [-0.1, -0.05) is 11.6 Å². The average Bonchev–Trinajstić information content (AvgIpc) is 3.06. The Balaban J connectivity index is 1.56. The smallest absolute Gasteiger partial charge is 0.366 e. The van der Waals surface area contributed by atoms with E-state index in [0.717, 1.165) is 12.8 Å². The fraction of sp³-hybridized carbons (Fsp3) is 0.450. The summed E-state index contributed by atoms with van der Waals surface area (Å²) in [6.07, 6.45) is -0.772. The zero-order chi connectivity index (χ0) is 21.9. The highest BCUT2D eigenvalue weighted by atomic mass is 35.5. The quantitative estimate of drug-likeness (QED) is 0.625. The van der Waals surface area contributed by atoms with Gasteiger partial charge in [-0.15, -0.1) is 0 Å². The van der Waals surface area contributed by atoms with E-state index in [2.05, 4.69) is 10.4 Å². The molecule has 0 spiro atoms. The predicted octanol–water partition coefficient (Wildman–Crippen LogP) is 4.34. The SMILES string of the molecule is NC(=O)c1cc(Cl)ccc1NC(=O)CCCCn1nc(C(F)(F)F)c2c1CCCC2. The van der Waals surface area contributed by atoms with Crippen molar-refractivity contribution in [3.63, 3.8) is 0 Å². The molecule has 30 heavy (non-hydrogen) atoms. The van der Waals surface area contributed by atoms with E-state index in [1.165, 1.54) is 22.9 Å². The lowest BCUT2D eigenvalue weighted by atomic mass is 9.95. The molecule has 2 amide bonds. The van der Waals surface area contributed by atoms with Gasteiger partial charge in [-0.05, 0) is 56.7 Å². The van der Waals surface area contributed by atoms with E-state index in [9.17, 15) is 22.8 Å². The molecule has 3 rings (SSSR count). The number of amides is 2. The Labute approximate surface area is 176 Å². The maximum absolute atomic E-state index is 13.2. The predicted molar refractivity (Wildman–Crippen MR) is 106 cm³/mol. The van der Waals surface area contributed by atoms with Crippen LogP contribution in [0.4, 0.5) is 18.9 Å². The topological polar surface area (TPSA) is 90.0 Å². The minimum Gasteiger partial charge on any atom is -0.366 e. The molecule has 0 aliphatic heterocycles. The second kappa shape index (κ2) is 9.07. The van der Waals surface area contributed by atoms with Crippen LogP contribution in [0.1, 0.15) is 59.4 Å². The summed E-state index contributed by atoms with van der Waals surface area (Å²) < 4.78 is 41.1. The third-order valence-corrected chi connectivity index (χ3v) is 5.31. The Morgan fingerprint density at radius 2 is 1.93 bits per heavy atom. The van der Waals surface area contributed by atoms with E-state index in [1.807, 2.05) is 0 Å². The van der Waals surface area contributed by atoms with Crippen LogP contribution in [-0.4, -0.2) is 21.6 Å². The molecule has 1 aromatic heterocycles. The Bertz CT molecular complexity index is 956. The number of nitrogens with two attached hydrogens (primary N) is 1. The first-order valence-corrected chi connectivity index (χ1v) is 10.1. The van der Waals surface area contributed by atoms with Crippen LogP contribution in [-0.2, 0) is 30.4 Å². The fourth-order valence-electron chi connectivity index (χ4n) is 3.67. The number of primary amides is 1. The molecule has 0 saturated heterocycles. The number of hydrogen-bond donors (Lipinski definition) is 2. The zero-order valence-electron chi connectivity index (χ0n) is 16.2. The molecule has 2 aromatic rings. The summed E-state index contributed by atoms with van der Waals surface area (Å²) in [7, 11) is 0. The number of aryl methyl sites for hydroxylation is 1. The minimum absolute atomic E-state index is 0.110. The fourth-order valence-corrected chi connectivity index (χ4v) is 3.84. The van der Waals surface area contributed by atoms with Crippen LogP contribution in [0.5, 0.6) is 0 Å². The molecule has 0 bridgehead atoms. The van der Waals surface area contributed by atoms with Crippen molar-refractivity contribution in [3.8, 4) is 0 Å². The minimum atomic E-state index is -4.46. The van der Waals surface area contributed by atoms with Crippen molar-refractivity contribution in [3.05, 3.63) is 45.7 Å². The zero-order valence-corrected chi connectivity index (χ0v) is 16.9. The van der Waals surface area contributed by atoms with E-state index >= 15 is 0 Å². The van der Waals surface area contributed by atoms with Crippen molar-refractivity contribution < 1.29 is 22.8 Å². The number of alkyl halides is 3. The summed E-state index contributed by atoms with van der Waals surface area (Å²) in [6.45, 7) is 0.319. The summed E-state index contributed by atoms with van der Waals surface area (Å²) in [5, 5.41) is 6.76. The number of hydrogen-bond acceptors (Lipinski definition) is 3. The largest absolute Gasteiger partial charge is 0.435 e. The molecule has 3 N–H and O–H groups in total. The summed E-state index contributed by atoms with van der Waals surface area (Å²) in [4.78, 5) is 23.7. The van der Waals surface area contributed by atoms with Gasteiger partial charge in [-0.3, -0.25) is 14.3 Å². The van der Waals surface area contributed by atoms with Gasteiger partial charge in [0.15, 0.2) is 5.69 Å². The third-order valence-electron chi connectivity index (χ3n) is 5.07. The van der Waals surface area contributed by atoms with E-state index in [1.54, 1.807) is 0 Å². The van der Waals surface area contributed by atoms with Gasteiger partial charge in [0.25, 0.3) is 5.91 Å². The van der Waals surface area contributed by atoms with Gasteiger partial charge < -0.3 is 11.1 Å². The first-order valence-electron chi connectivity index (χ1n) is 9.71. The van der Waals surface area contributed by atoms with Crippen LogP contribution in [0.3, 0.4) is 0 Å². The van der Waals surface area contributed by atoms with Crippen LogP contribution in [0.25, 0.3) is 0 Å². The average molecular weight is 443 g/mol. The third kappa shape index (κ3) is 5.13. The summed E-state index contributed by atoms with van der Waals surface area (Å²) in [6, 6.07) is 4.40. The van der Waals surface area contributed by atoms with Gasteiger partial charge in [-0.25, -0.2) is 0 Å². The van der Waals surface area contributed by atoms with Crippen LogP contribution >= 0.6 is 11.6 Å². The van der Waals surface area contributed by atoms with Crippen LogP contribution in [0, 0.1) is 0 Å². The number of benzene rings is 1. The molecule has 0 saturated carbocycles. The molecule has 6 nitrogen and oxygen atoms in total. The number of nitrogens with zero attached hydrogens (tertiary/aromatic N) is 2. The lowest BCUT2D eigenvalue weighted by molar-refractivity contribution is -0.142. The second-order valence-corrected chi connectivity index (χ2v) is 7.70. The van der Waals surface area contributed by atoms with E-state index < -0.39 is 17.8 Å². The van der Waals surface area contributed by atoms with Crippen molar-refractivity contribution in [2.45, 2.75) is 57.7 Å². The van der Waals surface area contributed by atoms with Gasteiger partial charge in [0.1, 0.15) is 0 Å². The molecule has 10 heteroatoms. The number of fused-ring (bicyclic) bond motifs is 1. The first kappa shape index (κ1) is 22.1. The molecule has 1 heterocycles. The molecule has 162 valence electrons. The van der Waals surface area contributed by atoms with Crippen LogP contribution in [0.15, 0.2) is 18.2 Å². The number of aromatic nitrogens is 2. The molecule has 1 aliphatic rings. The summed E-state index contributed by atoms with van der Waals surface area (Å²) in [5.41, 5.74) is 5.87. The molecular formula is C20H22ClF3N4O2. The van der Waals surface area contributed by atoms with E-state index in [-0.39, 0.29) is 23.6 Å². The molecule has 1 aromatic carbocycles. The number of carbonyl (C=O) groups is 2. The number of rotatable bonds is 7. The number of unbranched alkanes of at least 4 members (excludes halogenated alkanes) is 1. The summed E-state index contributed by atoms with van der Waals surface area (Å²) >= 11 is 5.84. The van der Waals surface area contributed by atoms with Gasteiger partial charge in [-0.2, -0.15) is 18.3 Å². The number of carbonyl (C=O) groups excluding carboxylic acids is 2. The molecule has 0 fully saturated rings. The monoisotopic (exact) mass is 442 g/mol. The van der Waals surface area contributed by atoms with Crippen molar-refractivity contribution in [1.29, 1.82) is 0 Å². The second-order valence-electron chi connectivity index (χ2n) is 7.26. The van der Waals surface area contributed by atoms with E-state index in [0.29, 0.717) is 48.5 Å². The van der Waals surface area contributed by atoms with E-state index in [4.69, 9.17) is 17.3 Å². The maximum Gasteiger partial charge on any atom is 0.435 e. The molecule has 0 unspecified atom stereocenters. The number of halogens is 4. The van der Waals surface area contributed by atoms with Crippen molar-refractivity contribution >= 4 is 29.1 Å². The summed E-state index contributed by atoms with van der Waals surface area (Å²) in [5.74, 6) is -1.03. The van der Waals surface area contributed by atoms with Gasteiger partial charge in [0, 0.05) is 29.2 Å². The Morgan fingerprint density at radius 3 is 2.63 bits per heavy atom. The Kier molecular flexibility index (Phi) is 6.70. The normalized spacial score (nSPS) is 13.7. The van der Waals surface area contributed by atoms with Crippen molar-refractivity contribution in [1.82, 2.24) is 9.78 Å². The highest BCUT2D eigenvalue weighted by molar-refractivity contribution is 6.31. The molecule has 1 aliphatic carbocycles. The van der Waals surface area contributed by atoms with Gasteiger partial charge in [0.2, 0.25) is 5.91 Å². The van der Waals surface area contributed by atoms with Crippen LogP contribution in [0.2, 0.25) is 5.02 Å². The number of anilines is 1. The maximum atomic E-state index is 13.2. The first-order chi connectivity index (χ1) is 14.2. The Morgan fingerprint density at radius 1 is 1.20 bits per heavy atom. The highest BCUT2D eigenvalue weighted by Crippen LogP contribution is 2.35. The molecular weight excluding hydrogens is 421 g/mol. The highest BCUT2D eigenvalue weighted by Gasteiger charge is 2.39. The Hall–Kier alpha value is -2.55. The lowest BCUT2D eigenvalue weighted by Gasteiger charge is -2.14. The molecule has 0 radical (unpaired) electrons. The van der Waals surface area contributed by atoms with Gasteiger partial charge in [0.05, 0.1) is 11.3 Å². The standard InChI is InChI=1S/C20H22ClF3N4O2/c21-12-8-9-15(14(11-12)19(25)30)26-17(29)7-3-4-10-28-16-6-2-1-5-13(16)18(27-28)20(22,23)24/h8-9,11H,1-7,10H2,(H2,25,30)(H,26,29). The van der Waals surface area contributed by atoms with Crippen molar-refractivity contribution in [2.24, 2.45) is 5.73 Å². The van der Waals surface area contributed by atoms with Crippen LogP contribution < -0.4 is 11.1 Å². The van der Waals surface area contributed by atoms with Crippen molar-refractivity contribution in [2.75, 3.05) is 5.32 Å². The van der Waals surface area contributed by atoms with Gasteiger partial charge >= 0.3 is 6.18 Å². The lowest BCUT2D eigenvalue weighted by Crippen LogP contribution is -2.18. The molecule has 0 atom stereocenters.